The molecule has 5 aromatic carbocycles. The first-order chi connectivity index (χ1) is 16.8. The lowest BCUT2D eigenvalue weighted by Gasteiger charge is -2.07. The lowest BCUT2D eigenvalue weighted by Crippen LogP contribution is -2.06. The molecule has 0 bridgehead atoms. The molecule has 160 valence electrons. The summed E-state index contributed by atoms with van der Waals surface area (Å²) in [5.41, 5.74) is 7.11. The molecule has 4 heteroatoms. The van der Waals surface area contributed by atoms with Crippen molar-refractivity contribution in [2.45, 2.75) is 0 Å². The van der Waals surface area contributed by atoms with Crippen LogP contribution in [0.3, 0.4) is 0 Å². The molecule has 0 fully saturated rings. The maximum Gasteiger partial charge on any atom is 0.161 e. The Balaban J connectivity index is 1.61. The van der Waals surface area contributed by atoms with Gasteiger partial charge < -0.3 is 14.8 Å². The fraction of sp³-hybridized carbons (Fsp3) is 0. The Kier molecular flexibility index (Phi) is 3.25. The molecule has 0 aliphatic heterocycles. The third-order valence-electron chi connectivity index (χ3n) is 7.12. The smallest absolute Gasteiger partial charge is 0.161 e. The largest absolute Gasteiger partial charge is 0.454 e. The Morgan fingerprint density at radius 3 is 2.09 bits per heavy atom. The zero-order chi connectivity index (χ0) is 22.4. The molecule has 8 rings (SSSR count). The predicted octanol–water partition coefficient (Wildman–Crippen LogP) is 7.50. The number of nitrogens with zero attached hydrogens (tertiary/aromatic N) is 2. The molecule has 3 aromatic heterocycles. The summed E-state index contributed by atoms with van der Waals surface area (Å²) in [5, 5.41) is 6.86. The summed E-state index contributed by atoms with van der Waals surface area (Å²) in [5.74, 6) is 6.60. The molecule has 2 N–H and O–H groups in total. The van der Waals surface area contributed by atoms with Gasteiger partial charge in [0.25, 0.3) is 0 Å². The van der Waals surface area contributed by atoms with Crippen molar-refractivity contribution in [3.63, 3.8) is 0 Å². The molecule has 0 aliphatic carbocycles. The summed E-state index contributed by atoms with van der Waals surface area (Å²) in [6.07, 6.45) is 0. The standard InChI is InChI=1S/C30H19N3O/c31-33-24-13-7-4-10-19(24)20-14-15-22-28-26(34-30(22)29(20)33)17-16-25-27(28)21-11-5-6-12-23(21)32(25)18-8-2-1-3-9-18/h1-17H,31H2. The lowest BCUT2D eigenvalue weighted by atomic mass is 10.0. The van der Waals surface area contributed by atoms with Gasteiger partial charge in [0.2, 0.25) is 0 Å². The van der Waals surface area contributed by atoms with Gasteiger partial charge in [0.05, 0.1) is 16.6 Å². The van der Waals surface area contributed by atoms with E-state index in [1.807, 2.05) is 12.1 Å². The van der Waals surface area contributed by atoms with E-state index in [1.54, 1.807) is 4.68 Å². The summed E-state index contributed by atoms with van der Waals surface area (Å²) >= 11 is 0. The van der Waals surface area contributed by atoms with Crippen molar-refractivity contribution < 1.29 is 4.42 Å². The van der Waals surface area contributed by atoms with Gasteiger partial charge in [0.1, 0.15) is 11.1 Å². The van der Waals surface area contributed by atoms with E-state index in [0.29, 0.717) is 0 Å². The maximum absolute atomic E-state index is 6.60. The molecule has 0 saturated carbocycles. The van der Waals surface area contributed by atoms with Gasteiger partial charge in [-0.1, -0.05) is 60.7 Å². The monoisotopic (exact) mass is 437 g/mol. The number of rotatable bonds is 1. The van der Waals surface area contributed by atoms with Gasteiger partial charge in [-0.15, -0.1) is 0 Å². The van der Waals surface area contributed by atoms with Gasteiger partial charge in [-0.05, 0) is 42.5 Å². The van der Waals surface area contributed by atoms with E-state index in [4.69, 9.17) is 10.3 Å². The quantitative estimate of drug-likeness (QED) is 0.270. The normalized spacial score (nSPS) is 12.2. The van der Waals surface area contributed by atoms with E-state index in [1.165, 1.54) is 16.3 Å². The highest BCUT2D eigenvalue weighted by Crippen LogP contribution is 2.43. The van der Waals surface area contributed by atoms with Crippen LogP contribution in [0.4, 0.5) is 0 Å². The minimum atomic E-state index is 0.829. The minimum absolute atomic E-state index is 0.829. The molecule has 3 heterocycles. The third-order valence-corrected chi connectivity index (χ3v) is 7.12. The zero-order valence-corrected chi connectivity index (χ0v) is 18.2. The van der Waals surface area contributed by atoms with Crippen LogP contribution in [0, 0.1) is 0 Å². The lowest BCUT2D eigenvalue weighted by molar-refractivity contribution is 0.671. The van der Waals surface area contributed by atoms with Crippen LogP contribution < -0.4 is 5.84 Å². The van der Waals surface area contributed by atoms with Crippen LogP contribution in [0.2, 0.25) is 0 Å². The summed E-state index contributed by atoms with van der Waals surface area (Å²) in [7, 11) is 0. The number of furan rings is 1. The van der Waals surface area contributed by atoms with E-state index in [-0.39, 0.29) is 0 Å². The molecule has 0 amide bonds. The van der Waals surface area contributed by atoms with Crippen LogP contribution in [0.15, 0.2) is 108 Å². The zero-order valence-electron chi connectivity index (χ0n) is 18.2. The highest BCUT2D eigenvalue weighted by Gasteiger charge is 2.21. The molecule has 0 aliphatic rings. The summed E-state index contributed by atoms with van der Waals surface area (Å²) in [4.78, 5) is 0. The predicted molar refractivity (Wildman–Crippen MR) is 141 cm³/mol. The van der Waals surface area contributed by atoms with Crippen molar-refractivity contribution >= 4 is 65.6 Å². The summed E-state index contributed by atoms with van der Waals surface area (Å²) < 4.78 is 10.6. The first-order valence-electron chi connectivity index (χ1n) is 11.4. The number of benzene rings is 5. The fourth-order valence-corrected chi connectivity index (χ4v) is 5.72. The van der Waals surface area contributed by atoms with Gasteiger partial charge in [-0.2, -0.15) is 0 Å². The second-order valence-corrected chi connectivity index (χ2v) is 8.85. The Morgan fingerprint density at radius 1 is 0.529 bits per heavy atom. The molecular weight excluding hydrogens is 418 g/mol. The Bertz CT molecular complexity index is 2070. The van der Waals surface area contributed by atoms with Crippen LogP contribution >= 0.6 is 0 Å². The first kappa shape index (κ1) is 17.8. The number of hydrogen-bond acceptors (Lipinski definition) is 2. The molecule has 4 nitrogen and oxygen atoms in total. The number of nitrogens with two attached hydrogens (primary N) is 1. The van der Waals surface area contributed by atoms with E-state index < -0.39 is 0 Å². The van der Waals surface area contributed by atoms with Gasteiger partial charge in [0.15, 0.2) is 5.58 Å². The fourth-order valence-electron chi connectivity index (χ4n) is 5.72. The molecule has 0 saturated heterocycles. The first-order valence-corrected chi connectivity index (χ1v) is 11.4. The minimum Gasteiger partial charge on any atom is -0.454 e. The van der Waals surface area contributed by atoms with E-state index in [9.17, 15) is 0 Å². The summed E-state index contributed by atoms with van der Waals surface area (Å²) in [6.45, 7) is 0. The Morgan fingerprint density at radius 2 is 1.24 bits per heavy atom. The van der Waals surface area contributed by atoms with E-state index in [2.05, 4.69) is 95.6 Å². The van der Waals surface area contributed by atoms with Crippen molar-refractivity contribution in [1.82, 2.24) is 9.24 Å². The van der Waals surface area contributed by atoms with Gasteiger partial charge in [-0.3, -0.25) is 4.68 Å². The second-order valence-electron chi connectivity index (χ2n) is 8.85. The average molecular weight is 438 g/mol. The van der Waals surface area contributed by atoms with Crippen LogP contribution in [-0.2, 0) is 0 Å². The Hall–Kier alpha value is -4.70. The molecule has 0 radical (unpaired) electrons. The van der Waals surface area contributed by atoms with Crippen molar-refractivity contribution in [3.8, 4) is 5.69 Å². The van der Waals surface area contributed by atoms with E-state index >= 15 is 0 Å². The number of para-hydroxylation sites is 3. The molecular formula is C30H19N3O. The van der Waals surface area contributed by atoms with Crippen molar-refractivity contribution in [1.29, 1.82) is 0 Å². The number of aromatic nitrogens is 2. The topological polar surface area (TPSA) is 49.0 Å². The number of hydrogen-bond donors (Lipinski definition) is 1. The Labute approximate surface area is 194 Å². The van der Waals surface area contributed by atoms with Crippen LogP contribution in [0.25, 0.3) is 71.2 Å². The van der Waals surface area contributed by atoms with Crippen molar-refractivity contribution in [2.75, 3.05) is 5.84 Å². The highest BCUT2D eigenvalue weighted by molar-refractivity contribution is 6.30. The average Bonchev–Trinajstić information content (AvgIpc) is 3.52. The van der Waals surface area contributed by atoms with Crippen LogP contribution in [-0.4, -0.2) is 9.24 Å². The van der Waals surface area contributed by atoms with Crippen LogP contribution in [0.1, 0.15) is 0 Å². The molecule has 34 heavy (non-hydrogen) atoms. The number of fused-ring (bicyclic) bond motifs is 11. The second kappa shape index (κ2) is 6.21. The van der Waals surface area contributed by atoms with Gasteiger partial charge in [-0.25, -0.2) is 0 Å². The highest BCUT2D eigenvalue weighted by atomic mass is 16.3. The van der Waals surface area contributed by atoms with Crippen molar-refractivity contribution in [3.05, 3.63) is 103 Å². The molecule has 0 unspecified atom stereocenters. The SMILES string of the molecule is Nn1c2ccccc2c2ccc3c(oc4ccc5c(c6ccccc6n5-c5ccccc5)c43)c21. The van der Waals surface area contributed by atoms with Crippen LogP contribution in [0.5, 0.6) is 0 Å². The maximum atomic E-state index is 6.60. The molecule has 8 aromatic rings. The number of nitrogen functional groups attached to an aromatic ring is 1. The van der Waals surface area contributed by atoms with Gasteiger partial charge >= 0.3 is 0 Å². The van der Waals surface area contributed by atoms with Crippen molar-refractivity contribution in [2.24, 2.45) is 0 Å². The molecule has 0 atom stereocenters. The molecule has 0 spiro atoms. The third kappa shape index (κ3) is 2.08. The van der Waals surface area contributed by atoms with Gasteiger partial charge in [0, 0.05) is 38.0 Å². The van der Waals surface area contributed by atoms with E-state index in [0.717, 1.165) is 54.9 Å². The summed E-state index contributed by atoms with van der Waals surface area (Å²) in [6, 6.07) is 36.0.